The molecule has 3 nitrogen and oxygen atoms in total. The van der Waals surface area contributed by atoms with Crippen molar-refractivity contribution in [3.05, 3.63) is 29.8 Å². The summed E-state index contributed by atoms with van der Waals surface area (Å²) in [7, 11) is 0. The van der Waals surface area contributed by atoms with Crippen LogP contribution in [0.4, 0.5) is 0 Å². The molecule has 0 aliphatic heterocycles. The van der Waals surface area contributed by atoms with Crippen molar-refractivity contribution in [2.45, 2.75) is 39.2 Å². The Morgan fingerprint density at radius 1 is 1.29 bits per heavy atom. The van der Waals surface area contributed by atoms with Crippen LogP contribution in [0.2, 0.25) is 0 Å². The Morgan fingerprint density at radius 2 is 1.94 bits per heavy atom. The fourth-order valence-electron chi connectivity index (χ4n) is 1.61. The van der Waals surface area contributed by atoms with Crippen LogP contribution in [0.15, 0.2) is 24.3 Å². The zero-order valence-electron chi connectivity index (χ0n) is 10.6. The Balaban J connectivity index is 2.23. The predicted octanol–water partition coefficient (Wildman–Crippen LogP) is 2.28. The fourth-order valence-corrected chi connectivity index (χ4v) is 1.61. The quantitative estimate of drug-likeness (QED) is 0.713. The molecule has 0 atom stereocenters. The summed E-state index contributed by atoms with van der Waals surface area (Å²) >= 11 is 0. The topological polar surface area (TPSA) is 49.3 Å². The molecule has 17 heavy (non-hydrogen) atoms. The second kappa shape index (κ2) is 7.07. The van der Waals surface area contributed by atoms with E-state index >= 15 is 0 Å². The van der Waals surface area contributed by atoms with E-state index in [1.165, 1.54) is 0 Å². The van der Waals surface area contributed by atoms with Crippen molar-refractivity contribution in [3.8, 4) is 5.75 Å². The molecule has 1 aromatic carbocycles. The van der Waals surface area contributed by atoms with Crippen molar-refractivity contribution in [1.29, 1.82) is 0 Å². The Morgan fingerprint density at radius 3 is 2.53 bits per heavy atom. The third-order valence-electron chi connectivity index (χ3n) is 2.52. The van der Waals surface area contributed by atoms with Crippen LogP contribution in [0.1, 0.15) is 32.3 Å². The minimum absolute atomic E-state index is 0.238. The average Bonchev–Trinajstić information content (AvgIpc) is 2.27. The van der Waals surface area contributed by atoms with E-state index in [1.54, 1.807) is 24.3 Å². The Labute approximate surface area is 103 Å². The molecule has 0 spiro atoms. The summed E-state index contributed by atoms with van der Waals surface area (Å²) in [5, 5.41) is 12.4. The lowest BCUT2D eigenvalue weighted by Gasteiger charge is -2.07. The summed E-state index contributed by atoms with van der Waals surface area (Å²) in [6.07, 6.45) is 1.96. The van der Waals surface area contributed by atoms with E-state index in [2.05, 4.69) is 19.2 Å². The van der Waals surface area contributed by atoms with Crippen LogP contribution >= 0.6 is 0 Å². The van der Waals surface area contributed by atoms with Gasteiger partial charge in [-0.3, -0.25) is 4.79 Å². The van der Waals surface area contributed by atoms with Crippen LogP contribution < -0.4 is 5.32 Å². The SMILES string of the molecule is CC(C)NCCCC(=O)Cc1ccc(O)cc1. The highest BCUT2D eigenvalue weighted by atomic mass is 16.3. The molecule has 0 saturated heterocycles. The van der Waals surface area contributed by atoms with E-state index in [1.807, 2.05) is 0 Å². The first-order valence-corrected chi connectivity index (χ1v) is 6.11. The number of rotatable bonds is 7. The van der Waals surface area contributed by atoms with Gasteiger partial charge in [0.25, 0.3) is 0 Å². The van der Waals surface area contributed by atoms with Gasteiger partial charge in [0.2, 0.25) is 0 Å². The number of phenols is 1. The van der Waals surface area contributed by atoms with Gasteiger partial charge in [-0.05, 0) is 30.7 Å². The van der Waals surface area contributed by atoms with Gasteiger partial charge in [0, 0.05) is 18.9 Å². The van der Waals surface area contributed by atoms with E-state index in [-0.39, 0.29) is 11.5 Å². The predicted molar refractivity (Wildman–Crippen MR) is 69.2 cm³/mol. The number of ketones is 1. The van der Waals surface area contributed by atoms with Crippen molar-refractivity contribution in [3.63, 3.8) is 0 Å². The van der Waals surface area contributed by atoms with Gasteiger partial charge in [-0.15, -0.1) is 0 Å². The minimum Gasteiger partial charge on any atom is -0.508 e. The summed E-state index contributed by atoms with van der Waals surface area (Å²) < 4.78 is 0. The van der Waals surface area contributed by atoms with Crippen LogP contribution in [-0.2, 0) is 11.2 Å². The van der Waals surface area contributed by atoms with Gasteiger partial charge in [-0.25, -0.2) is 0 Å². The number of Topliss-reactive ketones (excluding diaryl/α,β-unsaturated/α-hetero) is 1. The van der Waals surface area contributed by atoms with Crippen molar-refractivity contribution < 1.29 is 9.90 Å². The molecule has 0 saturated carbocycles. The first-order chi connectivity index (χ1) is 8.08. The molecule has 3 heteroatoms. The van der Waals surface area contributed by atoms with Gasteiger partial charge in [-0.1, -0.05) is 26.0 Å². The molecule has 1 rings (SSSR count). The maximum Gasteiger partial charge on any atom is 0.137 e. The molecule has 1 aromatic rings. The number of carbonyl (C=O) groups is 1. The van der Waals surface area contributed by atoms with E-state index in [0.29, 0.717) is 18.9 Å². The number of hydrogen-bond acceptors (Lipinski definition) is 3. The molecule has 0 aliphatic carbocycles. The third-order valence-corrected chi connectivity index (χ3v) is 2.52. The van der Waals surface area contributed by atoms with Crippen molar-refractivity contribution in [2.24, 2.45) is 0 Å². The Bertz CT molecular complexity index is 344. The molecule has 2 N–H and O–H groups in total. The summed E-state index contributed by atoms with van der Waals surface area (Å²) in [5.41, 5.74) is 0.963. The molecule has 0 amide bonds. The zero-order valence-corrected chi connectivity index (χ0v) is 10.6. The number of hydrogen-bond donors (Lipinski definition) is 2. The molecule has 0 radical (unpaired) electrons. The van der Waals surface area contributed by atoms with E-state index < -0.39 is 0 Å². The number of nitrogens with one attached hydrogen (secondary N) is 1. The molecule has 0 aliphatic rings. The standard InChI is InChI=1S/C14H21NO2/c1-11(2)15-9-3-4-14(17)10-12-5-7-13(16)8-6-12/h5-8,11,15-16H,3-4,9-10H2,1-2H3. The largest absolute Gasteiger partial charge is 0.508 e. The summed E-state index contributed by atoms with van der Waals surface area (Å²) in [6, 6.07) is 7.28. The van der Waals surface area contributed by atoms with Crippen LogP contribution in [-0.4, -0.2) is 23.5 Å². The van der Waals surface area contributed by atoms with Crippen molar-refractivity contribution >= 4 is 5.78 Å². The highest BCUT2D eigenvalue weighted by Gasteiger charge is 2.03. The number of phenolic OH excluding ortho intramolecular Hbond substituents is 1. The first kappa shape index (κ1) is 13.7. The number of aromatic hydroxyl groups is 1. The molecular formula is C14H21NO2. The van der Waals surface area contributed by atoms with Gasteiger partial charge in [0.15, 0.2) is 0 Å². The number of carbonyl (C=O) groups excluding carboxylic acids is 1. The third kappa shape index (κ3) is 6.07. The van der Waals surface area contributed by atoms with Crippen LogP contribution in [0.5, 0.6) is 5.75 Å². The molecule has 0 bridgehead atoms. The maximum absolute atomic E-state index is 11.7. The Kier molecular flexibility index (Phi) is 5.70. The van der Waals surface area contributed by atoms with Crippen LogP contribution in [0, 0.1) is 0 Å². The van der Waals surface area contributed by atoms with Crippen LogP contribution in [0.25, 0.3) is 0 Å². The van der Waals surface area contributed by atoms with Gasteiger partial charge < -0.3 is 10.4 Å². The molecular weight excluding hydrogens is 214 g/mol. The maximum atomic E-state index is 11.7. The van der Waals surface area contributed by atoms with Crippen molar-refractivity contribution in [2.75, 3.05) is 6.54 Å². The molecule has 0 aromatic heterocycles. The second-order valence-corrected chi connectivity index (χ2v) is 4.59. The van der Waals surface area contributed by atoms with E-state index in [4.69, 9.17) is 5.11 Å². The second-order valence-electron chi connectivity index (χ2n) is 4.59. The summed E-state index contributed by atoms with van der Waals surface area (Å²) in [6.45, 7) is 5.08. The van der Waals surface area contributed by atoms with Gasteiger partial charge in [0.1, 0.15) is 11.5 Å². The smallest absolute Gasteiger partial charge is 0.137 e. The van der Waals surface area contributed by atoms with Gasteiger partial charge >= 0.3 is 0 Å². The lowest BCUT2D eigenvalue weighted by Crippen LogP contribution is -2.24. The van der Waals surface area contributed by atoms with Gasteiger partial charge in [0.05, 0.1) is 0 Å². The summed E-state index contributed by atoms with van der Waals surface area (Å²) in [5.74, 6) is 0.489. The number of benzene rings is 1. The molecule has 94 valence electrons. The minimum atomic E-state index is 0.238. The normalized spacial score (nSPS) is 10.8. The monoisotopic (exact) mass is 235 g/mol. The zero-order chi connectivity index (χ0) is 12.7. The summed E-state index contributed by atoms with van der Waals surface area (Å²) in [4.78, 5) is 11.7. The molecule has 0 unspecified atom stereocenters. The average molecular weight is 235 g/mol. The molecule has 0 fully saturated rings. The highest BCUT2D eigenvalue weighted by Crippen LogP contribution is 2.11. The van der Waals surface area contributed by atoms with Crippen LogP contribution in [0.3, 0.4) is 0 Å². The van der Waals surface area contributed by atoms with Crippen molar-refractivity contribution in [1.82, 2.24) is 5.32 Å². The molecule has 0 heterocycles. The lowest BCUT2D eigenvalue weighted by molar-refractivity contribution is -0.118. The highest BCUT2D eigenvalue weighted by molar-refractivity contribution is 5.80. The van der Waals surface area contributed by atoms with E-state index in [0.717, 1.165) is 18.5 Å². The first-order valence-electron chi connectivity index (χ1n) is 6.11. The Hall–Kier alpha value is -1.35. The lowest BCUT2D eigenvalue weighted by atomic mass is 10.1. The fraction of sp³-hybridized carbons (Fsp3) is 0.500. The van der Waals surface area contributed by atoms with E-state index in [9.17, 15) is 4.79 Å². The van der Waals surface area contributed by atoms with Gasteiger partial charge in [-0.2, -0.15) is 0 Å².